The number of ether oxygens (including phenoxy) is 1. The monoisotopic (exact) mass is 281 g/mol. The van der Waals surface area contributed by atoms with Crippen LogP contribution in [0.4, 0.5) is 0 Å². The molecule has 1 aromatic heterocycles. The van der Waals surface area contributed by atoms with Gasteiger partial charge in [-0.25, -0.2) is 0 Å². The number of nitrogens with zero attached hydrogens (tertiary/aromatic N) is 1. The van der Waals surface area contributed by atoms with E-state index >= 15 is 0 Å². The van der Waals surface area contributed by atoms with E-state index in [0.717, 1.165) is 37.3 Å². The van der Waals surface area contributed by atoms with E-state index in [0.29, 0.717) is 0 Å². The number of aliphatic imine (C=N–C) groups is 1. The smallest absolute Gasteiger partial charge is 0.122 e. The molecule has 0 atom stereocenters. The molecule has 3 heteroatoms. The second-order valence-corrected chi connectivity index (χ2v) is 6.02. The van der Waals surface area contributed by atoms with Gasteiger partial charge in [0.25, 0.3) is 0 Å². The van der Waals surface area contributed by atoms with Crippen molar-refractivity contribution < 1.29 is 9.15 Å². The Morgan fingerprint density at radius 1 is 1.29 bits per heavy atom. The molecule has 3 nitrogen and oxygen atoms in total. The fourth-order valence-electron chi connectivity index (χ4n) is 3.45. The normalized spacial score (nSPS) is 18.9. The van der Waals surface area contributed by atoms with E-state index in [1.54, 1.807) is 13.4 Å². The minimum Gasteiger partial charge on any atom is -0.496 e. The van der Waals surface area contributed by atoms with Crippen molar-refractivity contribution in [3.63, 3.8) is 0 Å². The highest BCUT2D eigenvalue weighted by atomic mass is 16.5. The van der Waals surface area contributed by atoms with Crippen LogP contribution in [0.3, 0.4) is 0 Å². The summed E-state index contributed by atoms with van der Waals surface area (Å²) in [5, 5.41) is 0. The number of rotatable bonds is 3. The van der Waals surface area contributed by atoms with E-state index in [9.17, 15) is 0 Å². The summed E-state index contributed by atoms with van der Waals surface area (Å²) in [5.41, 5.74) is 5.02. The summed E-state index contributed by atoms with van der Waals surface area (Å²) in [7, 11) is 1.73. The first kappa shape index (κ1) is 12.7. The van der Waals surface area contributed by atoms with Crippen molar-refractivity contribution in [2.45, 2.75) is 31.6 Å². The first-order chi connectivity index (χ1) is 10.2. The minimum absolute atomic E-state index is 0.00105. The lowest BCUT2D eigenvalue weighted by molar-refractivity contribution is 0.411. The third-order valence-electron chi connectivity index (χ3n) is 4.72. The zero-order valence-electron chi connectivity index (χ0n) is 12.5. The maximum Gasteiger partial charge on any atom is 0.122 e. The van der Waals surface area contributed by atoms with Crippen LogP contribution in [-0.2, 0) is 11.8 Å². The molecular formula is C18H19NO2. The molecule has 1 aliphatic carbocycles. The zero-order chi connectivity index (χ0) is 14.4. The largest absolute Gasteiger partial charge is 0.496 e. The molecule has 2 aromatic rings. The van der Waals surface area contributed by atoms with Gasteiger partial charge < -0.3 is 9.15 Å². The average Bonchev–Trinajstić information content (AvgIpc) is 3.11. The Hall–Kier alpha value is -2.03. The van der Waals surface area contributed by atoms with Gasteiger partial charge in [0.15, 0.2) is 0 Å². The van der Waals surface area contributed by atoms with Gasteiger partial charge in [-0.2, -0.15) is 0 Å². The number of hydrogen-bond donors (Lipinski definition) is 0. The van der Waals surface area contributed by atoms with E-state index in [1.165, 1.54) is 22.4 Å². The second kappa shape index (κ2) is 4.48. The molecule has 1 aromatic carbocycles. The third kappa shape index (κ3) is 1.84. The minimum atomic E-state index is -0.00105. The van der Waals surface area contributed by atoms with Gasteiger partial charge in [-0.1, -0.05) is 6.07 Å². The highest BCUT2D eigenvalue weighted by molar-refractivity contribution is 6.11. The first-order valence-corrected chi connectivity index (χ1v) is 7.51. The fourth-order valence-corrected chi connectivity index (χ4v) is 3.45. The van der Waals surface area contributed by atoms with Crippen LogP contribution in [0, 0.1) is 6.92 Å². The van der Waals surface area contributed by atoms with Gasteiger partial charge in [-0.05, 0) is 55.5 Å². The SMILES string of the molecule is COc1cc2c(cc1C)CCN=C2C1(c2ccco2)CC1. The Kier molecular flexibility index (Phi) is 2.71. The van der Waals surface area contributed by atoms with Crippen LogP contribution in [0.1, 0.15) is 35.3 Å². The number of furan rings is 1. The molecule has 0 radical (unpaired) electrons. The van der Waals surface area contributed by atoms with Crippen molar-refractivity contribution in [2.24, 2.45) is 4.99 Å². The molecule has 1 fully saturated rings. The molecule has 1 saturated carbocycles. The second-order valence-electron chi connectivity index (χ2n) is 6.02. The van der Waals surface area contributed by atoms with Gasteiger partial charge in [0.05, 0.1) is 24.5 Å². The van der Waals surface area contributed by atoms with E-state index in [1.807, 2.05) is 6.07 Å². The summed E-state index contributed by atoms with van der Waals surface area (Å²) in [6, 6.07) is 8.46. The Balaban J connectivity index is 1.85. The predicted molar refractivity (Wildman–Crippen MR) is 82.5 cm³/mol. The summed E-state index contributed by atoms with van der Waals surface area (Å²) in [4.78, 5) is 4.87. The summed E-state index contributed by atoms with van der Waals surface area (Å²) < 4.78 is 11.2. The zero-order valence-corrected chi connectivity index (χ0v) is 12.5. The highest BCUT2D eigenvalue weighted by Gasteiger charge is 2.52. The Morgan fingerprint density at radius 3 is 2.81 bits per heavy atom. The molecule has 2 aliphatic rings. The van der Waals surface area contributed by atoms with Crippen LogP contribution in [-0.4, -0.2) is 19.4 Å². The van der Waals surface area contributed by atoms with E-state index < -0.39 is 0 Å². The van der Waals surface area contributed by atoms with Crippen molar-refractivity contribution in [2.75, 3.05) is 13.7 Å². The molecule has 0 spiro atoms. The Bertz CT molecular complexity index is 709. The number of methoxy groups -OCH3 is 1. The van der Waals surface area contributed by atoms with Gasteiger partial charge in [-0.15, -0.1) is 0 Å². The maximum atomic E-state index is 5.70. The van der Waals surface area contributed by atoms with Crippen LogP contribution in [0.5, 0.6) is 5.75 Å². The Labute approximate surface area is 124 Å². The lowest BCUT2D eigenvalue weighted by Crippen LogP contribution is -2.26. The van der Waals surface area contributed by atoms with Crippen molar-refractivity contribution in [1.82, 2.24) is 0 Å². The lowest BCUT2D eigenvalue weighted by Gasteiger charge is -2.24. The van der Waals surface area contributed by atoms with Gasteiger partial charge >= 0.3 is 0 Å². The number of aryl methyl sites for hydroxylation is 1. The lowest BCUT2D eigenvalue weighted by atomic mass is 9.85. The quantitative estimate of drug-likeness (QED) is 0.860. The topological polar surface area (TPSA) is 34.7 Å². The number of hydrogen-bond acceptors (Lipinski definition) is 3. The van der Waals surface area contributed by atoms with Crippen LogP contribution in [0.2, 0.25) is 0 Å². The molecule has 108 valence electrons. The third-order valence-corrected chi connectivity index (χ3v) is 4.72. The highest BCUT2D eigenvalue weighted by Crippen LogP contribution is 2.52. The van der Waals surface area contributed by atoms with E-state index in [4.69, 9.17) is 14.1 Å². The molecule has 0 amide bonds. The van der Waals surface area contributed by atoms with Crippen molar-refractivity contribution in [3.8, 4) is 5.75 Å². The Morgan fingerprint density at radius 2 is 2.14 bits per heavy atom. The van der Waals surface area contributed by atoms with Crippen LogP contribution < -0.4 is 4.74 Å². The molecule has 0 N–H and O–H groups in total. The summed E-state index contributed by atoms with van der Waals surface area (Å²) in [5.74, 6) is 1.99. The average molecular weight is 281 g/mol. The molecular weight excluding hydrogens is 262 g/mol. The summed E-state index contributed by atoms with van der Waals surface area (Å²) in [6.07, 6.45) is 5.01. The van der Waals surface area contributed by atoms with E-state index in [2.05, 4.69) is 25.1 Å². The van der Waals surface area contributed by atoms with Crippen LogP contribution in [0.15, 0.2) is 39.9 Å². The fraction of sp³-hybridized carbons (Fsp3) is 0.389. The van der Waals surface area contributed by atoms with Crippen molar-refractivity contribution >= 4 is 5.71 Å². The molecule has 2 heterocycles. The van der Waals surface area contributed by atoms with Gasteiger partial charge in [0, 0.05) is 12.1 Å². The van der Waals surface area contributed by atoms with Crippen molar-refractivity contribution in [3.05, 3.63) is 53.0 Å². The van der Waals surface area contributed by atoms with Crippen LogP contribution in [0.25, 0.3) is 0 Å². The molecule has 0 saturated heterocycles. The molecule has 1 aliphatic heterocycles. The number of benzene rings is 1. The van der Waals surface area contributed by atoms with Crippen LogP contribution >= 0.6 is 0 Å². The van der Waals surface area contributed by atoms with Gasteiger partial charge in [-0.3, -0.25) is 4.99 Å². The summed E-state index contributed by atoms with van der Waals surface area (Å²) >= 11 is 0. The van der Waals surface area contributed by atoms with Gasteiger partial charge in [0.1, 0.15) is 11.5 Å². The molecule has 0 bridgehead atoms. The standard InChI is InChI=1S/C18H19NO2/c1-12-10-13-5-8-19-17(14(13)11-15(12)20-2)18(6-7-18)16-4-3-9-21-16/h3-4,9-11H,5-8H2,1-2H3. The van der Waals surface area contributed by atoms with Gasteiger partial charge in [0.2, 0.25) is 0 Å². The summed E-state index contributed by atoms with van der Waals surface area (Å²) in [6.45, 7) is 2.97. The molecule has 0 unspecified atom stereocenters. The number of fused-ring (bicyclic) bond motifs is 1. The maximum absolute atomic E-state index is 5.70. The van der Waals surface area contributed by atoms with Crippen molar-refractivity contribution in [1.29, 1.82) is 0 Å². The predicted octanol–water partition coefficient (Wildman–Crippen LogP) is 3.67. The van der Waals surface area contributed by atoms with E-state index in [-0.39, 0.29) is 5.41 Å². The molecule has 4 rings (SSSR count). The molecule has 21 heavy (non-hydrogen) atoms. The first-order valence-electron chi connectivity index (χ1n) is 7.51.